The Kier molecular flexibility index (Phi) is 4.69. The fraction of sp³-hybridized carbons (Fsp3) is 0.353. The quantitative estimate of drug-likeness (QED) is 0.870. The van der Waals surface area contributed by atoms with Crippen LogP contribution < -0.4 is 5.32 Å². The van der Waals surface area contributed by atoms with E-state index in [1.807, 2.05) is 18.3 Å². The molecule has 100 valence electrons. The summed E-state index contributed by atoms with van der Waals surface area (Å²) in [4.78, 5) is 4.37. The lowest BCUT2D eigenvalue weighted by molar-refractivity contribution is 0.561. The van der Waals surface area contributed by atoms with Crippen LogP contribution in [0.5, 0.6) is 0 Å². The van der Waals surface area contributed by atoms with E-state index in [0.29, 0.717) is 5.92 Å². The van der Waals surface area contributed by atoms with Crippen LogP contribution in [0.1, 0.15) is 49.6 Å². The Morgan fingerprint density at radius 1 is 1.00 bits per heavy atom. The summed E-state index contributed by atoms with van der Waals surface area (Å²) in [6, 6.07) is 15.1. The maximum atomic E-state index is 4.37. The summed E-state index contributed by atoms with van der Waals surface area (Å²) >= 11 is 0. The predicted molar refractivity (Wildman–Crippen MR) is 80.0 cm³/mol. The van der Waals surface area contributed by atoms with Gasteiger partial charge in [-0.05, 0) is 36.1 Å². The third kappa shape index (κ3) is 3.90. The van der Waals surface area contributed by atoms with Crippen molar-refractivity contribution in [2.75, 3.05) is 0 Å². The molecule has 0 saturated heterocycles. The Morgan fingerprint density at radius 2 is 1.74 bits per heavy atom. The van der Waals surface area contributed by atoms with Gasteiger partial charge in [0.15, 0.2) is 0 Å². The van der Waals surface area contributed by atoms with Crippen molar-refractivity contribution in [1.29, 1.82) is 0 Å². The molecule has 1 aromatic heterocycles. The normalized spacial score (nSPS) is 12.6. The topological polar surface area (TPSA) is 24.9 Å². The van der Waals surface area contributed by atoms with E-state index in [-0.39, 0.29) is 6.04 Å². The van der Waals surface area contributed by atoms with Crippen molar-refractivity contribution in [3.8, 4) is 0 Å². The molecule has 2 heteroatoms. The van der Waals surface area contributed by atoms with Crippen LogP contribution >= 0.6 is 0 Å². The van der Waals surface area contributed by atoms with Crippen molar-refractivity contribution < 1.29 is 0 Å². The number of aromatic nitrogens is 1. The third-order valence-corrected chi connectivity index (χ3v) is 3.39. The first kappa shape index (κ1) is 13.8. The van der Waals surface area contributed by atoms with E-state index in [4.69, 9.17) is 0 Å². The largest absolute Gasteiger partial charge is 0.305 e. The summed E-state index contributed by atoms with van der Waals surface area (Å²) in [5.41, 5.74) is 3.79. The van der Waals surface area contributed by atoms with Crippen LogP contribution in [-0.2, 0) is 6.54 Å². The molecule has 2 nitrogen and oxygen atoms in total. The first-order valence-corrected chi connectivity index (χ1v) is 6.90. The van der Waals surface area contributed by atoms with Crippen LogP contribution in [0.4, 0.5) is 0 Å². The first-order valence-electron chi connectivity index (χ1n) is 6.90. The highest BCUT2D eigenvalue weighted by atomic mass is 14.9. The minimum Gasteiger partial charge on any atom is -0.305 e. The van der Waals surface area contributed by atoms with Crippen LogP contribution in [0.3, 0.4) is 0 Å². The van der Waals surface area contributed by atoms with Gasteiger partial charge in [0.1, 0.15) is 0 Å². The molecular weight excluding hydrogens is 232 g/mol. The van der Waals surface area contributed by atoms with Crippen LogP contribution in [0.2, 0.25) is 0 Å². The van der Waals surface area contributed by atoms with E-state index in [9.17, 15) is 0 Å². The summed E-state index contributed by atoms with van der Waals surface area (Å²) in [5, 5.41) is 3.50. The fourth-order valence-corrected chi connectivity index (χ4v) is 2.03. The Morgan fingerprint density at radius 3 is 2.32 bits per heavy atom. The van der Waals surface area contributed by atoms with Crippen molar-refractivity contribution in [3.05, 3.63) is 65.5 Å². The highest BCUT2D eigenvalue weighted by Crippen LogP contribution is 2.15. The van der Waals surface area contributed by atoms with Crippen molar-refractivity contribution in [3.63, 3.8) is 0 Å². The SMILES string of the molecule is CC(C)c1ccc(CN[C@@H](C)c2ccccn2)cc1. The van der Waals surface area contributed by atoms with Crippen LogP contribution in [0, 0.1) is 0 Å². The van der Waals surface area contributed by atoms with Gasteiger partial charge in [-0.3, -0.25) is 4.98 Å². The van der Waals surface area contributed by atoms with E-state index < -0.39 is 0 Å². The molecule has 0 aliphatic carbocycles. The maximum Gasteiger partial charge on any atom is 0.0570 e. The molecule has 1 atom stereocenters. The average molecular weight is 254 g/mol. The molecular formula is C17H22N2. The van der Waals surface area contributed by atoms with Gasteiger partial charge in [0.05, 0.1) is 5.69 Å². The van der Waals surface area contributed by atoms with Crippen molar-refractivity contribution in [2.24, 2.45) is 0 Å². The molecule has 0 bridgehead atoms. The fourth-order valence-electron chi connectivity index (χ4n) is 2.03. The second-order valence-corrected chi connectivity index (χ2v) is 5.25. The molecule has 1 aromatic carbocycles. The van der Waals surface area contributed by atoms with E-state index in [0.717, 1.165) is 12.2 Å². The summed E-state index contributed by atoms with van der Waals surface area (Å²) < 4.78 is 0. The molecule has 1 heterocycles. The number of nitrogens with zero attached hydrogens (tertiary/aromatic N) is 1. The molecule has 0 saturated carbocycles. The zero-order valence-electron chi connectivity index (χ0n) is 11.9. The zero-order valence-corrected chi connectivity index (χ0v) is 11.9. The third-order valence-electron chi connectivity index (χ3n) is 3.39. The van der Waals surface area contributed by atoms with Gasteiger partial charge in [-0.1, -0.05) is 44.2 Å². The molecule has 0 aliphatic heterocycles. The van der Waals surface area contributed by atoms with Gasteiger partial charge in [-0.15, -0.1) is 0 Å². The number of nitrogens with one attached hydrogen (secondary N) is 1. The number of hydrogen-bond donors (Lipinski definition) is 1. The zero-order chi connectivity index (χ0) is 13.7. The number of pyridine rings is 1. The van der Waals surface area contributed by atoms with E-state index in [1.165, 1.54) is 11.1 Å². The standard InChI is InChI=1S/C17H22N2/c1-13(2)16-9-7-15(8-10-16)12-19-14(3)17-6-4-5-11-18-17/h4-11,13-14,19H,12H2,1-3H3/t14-/m0/s1. The molecule has 1 N–H and O–H groups in total. The van der Waals surface area contributed by atoms with Gasteiger partial charge in [0, 0.05) is 18.8 Å². The van der Waals surface area contributed by atoms with Gasteiger partial charge >= 0.3 is 0 Å². The molecule has 0 unspecified atom stereocenters. The lowest BCUT2D eigenvalue weighted by Gasteiger charge is -2.13. The van der Waals surface area contributed by atoms with E-state index in [1.54, 1.807) is 0 Å². The molecule has 19 heavy (non-hydrogen) atoms. The van der Waals surface area contributed by atoms with Crippen LogP contribution in [0.25, 0.3) is 0 Å². The molecule has 2 rings (SSSR count). The summed E-state index contributed by atoms with van der Waals surface area (Å²) in [7, 11) is 0. The minimum absolute atomic E-state index is 0.269. The lowest BCUT2D eigenvalue weighted by Crippen LogP contribution is -2.18. The number of benzene rings is 1. The van der Waals surface area contributed by atoms with Crippen molar-refractivity contribution in [1.82, 2.24) is 10.3 Å². The molecule has 2 aromatic rings. The molecule has 0 spiro atoms. The number of rotatable bonds is 5. The maximum absolute atomic E-state index is 4.37. The first-order chi connectivity index (χ1) is 9.16. The minimum atomic E-state index is 0.269. The molecule has 0 radical (unpaired) electrons. The Balaban J connectivity index is 1.92. The monoisotopic (exact) mass is 254 g/mol. The second-order valence-electron chi connectivity index (χ2n) is 5.25. The van der Waals surface area contributed by atoms with Crippen LogP contribution in [-0.4, -0.2) is 4.98 Å². The Bertz CT molecular complexity index is 488. The molecule has 0 amide bonds. The average Bonchev–Trinajstić information content (AvgIpc) is 2.46. The molecule has 0 aliphatic rings. The Labute approximate surface area is 115 Å². The number of hydrogen-bond acceptors (Lipinski definition) is 2. The summed E-state index contributed by atoms with van der Waals surface area (Å²) in [6.07, 6.45) is 1.84. The van der Waals surface area contributed by atoms with Crippen molar-refractivity contribution >= 4 is 0 Å². The van der Waals surface area contributed by atoms with Gasteiger partial charge in [0.25, 0.3) is 0 Å². The predicted octanol–water partition coefficient (Wildman–Crippen LogP) is 4.06. The summed E-state index contributed by atoms with van der Waals surface area (Å²) in [6.45, 7) is 7.45. The second kappa shape index (κ2) is 6.48. The Hall–Kier alpha value is -1.67. The van der Waals surface area contributed by atoms with Gasteiger partial charge in [-0.2, -0.15) is 0 Å². The van der Waals surface area contributed by atoms with E-state index in [2.05, 4.69) is 61.4 Å². The van der Waals surface area contributed by atoms with Gasteiger partial charge in [0.2, 0.25) is 0 Å². The smallest absolute Gasteiger partial charge is 0.0570 e. The van der Waals surface area contributed by atoms with Gasteiger partial charge in [-0.25, -0.2) is 0 Å². The molecule has 0 fully saturated rings. The highest BCUT2D eigenvalue weighted by Gasteiger charge is 2.05. The van der Waals surface area contributed by atoms with E-state index >= 15 is 0 Å². The highest BCUT2D eigenvalue weighted by molar-refractivity contribution is 5.24. The van der Waals surface area contributed by atoms with Crippen LogP contribution in [0.15, 0.2) is 48.7 Å². The summed E-state index contributed by atoms with van der Waals surface area (Å²) in [5.74, 6) is 0.592. The van der Waals surface area contributed by atoms with Crippen molar-refractivity contribution in [2.45, 2.75) is 39.3 Å². The lowest BCUT2D eigenvalue weighted by atomic mass is 10.0. The van der Waals surface area contributed by atoms with Gasteiger partial charge < -0.3 is 5.32 Å².